The molecule has 3 aromatic rings. The fourth-order valence-corrected chi connectivity index (χ4v) is 2.52. The van der Waals surface area contributed by atoms with E-state index in [1.807, 2.05) is 30.3 Å². The minimum absolute atomic E-state index is 0.0724. The second kappa shape index (κ2) is 5.95. The van der Waals surface area contributed by atoms with Crippen molar-refractivity contribution in [1.29, 1.82) is 0 Å². The highest BCUT2D eigenvalue weighted by molar-refractivity contribution is 7.98. The first kappa shape index (κ1) is 15.4. The number of alkyl halides is 3. The van der Waals surface area contributed by atoms with Crippen molar-refractivity contribution in [3.63, 3.8) is 0 Å². The Kier molecular flexibility index (Phi) is 3.99. The van der Waals surface area contributed by atoms with Crippen molar-refractivity contribution in [2.24, 2.45) is 0 Å². The summed E-state index contributed by atoms with van der Waals surface area (Å²) in [6.07, 6.45) is -3.09. The van der Waals surface area contributed by atoms with E-state index in [9.17, 15) is 13.2 Å². The van der Waals surface area contributed by atoms with Crippen molar-refractivity contribution in [2.45, 2.75) is 17.1 Å². The zero-order chi connectivity index (χ0) is 16.4. The number of hydrogen-bond acceptors (Lipinski definition) is 6. The van der Waals surface area contributed by atoms with Crippen LogP contribution in [-0.2, 0) is 11.9 Å². The van der Waals surface area contributed by atoms with E-state index in [0.717, 1.165) is 17.3 Å². The fraction of sp³-hybridized carbons (Fsp3) is 0.154. The van der Waals surface area contributed by atoms with Gasteiger partial charge < -0.3 is 10.3 Å². The molecule has 0 aliphatic heterocycles. The molecule has 0 aliphatic carbocycles. The minimum atomic E-state index is -4.65. The Hall–Kier alpha value is -2.49. The lowest BCUT2D eigenvalue weighted by atomic mass is 10.2. The number of nitrogens with zero attached hydrogens (tertiary/aromatic N) is 4. The van der Waals surface area contributed by atoms with E-state index < -0.39 is 12.0 Å². The van der Waals surface area contributed by atoms with Crippen molar-refractivity contribution in [1.82, 2.24) is 19.9 Å². The monoisotopic (exact) mass is 341 g/mol. The molecule has 0 spiro atoms. The largest absolute Gasteiger partial charge is 0.453 e. The molecule has 0 radical (unpaired) electrons. The number of halogens is 3. The number of benzene rings is 1. The molecule has 2 aromatic heterocycles. The zero-order valence-corrected chi connectivity index (χ0v) is 12.3. The summed E-state index contributed by atoms with van der Waals surface area (Å²) in [5.74, 6) is 5.21. The maximum absolute atomic E-state index is 12.6. The van der Waals surface area contributed by atoms with Crippen molar-refractivity contribution in [3.8, 4) is 11.3 Å². The third-order valence-electron chi connectivity index (χ3n) is 2.85. The third kappa shape index (κ3) is 3.31. The van der Waals surface area contributed by atoms with Crippen LogP contribution in [0.3, 0.4) is 0 Å². The molecule has 1 aromatic carbocycles. The SMILES string of the molecule is Nn1c(SCc2ncc(-c3ccccc3)o2)nnc1C(F)(F)F. The Bertz CT molecular complexity index is 800. The number of rotatable bonds is 4. The van der Waals surface area contributed by atoms with Crippen LogP contribution in [-0.4, -0.2) is 19.9 Å². The molecule has 6 nitrogen and oxygen atoms in total. The van der Waals surface area contributed by atoms with Crippen molar-refractivity contribution in [2.75, 3.05) is 5.84 Å². The highest BCUT2D eigenvalue weighted by Gasteiger charge is 2.38. The molecule has 120 valence electrons. The van der Waals surface area contributed by atoms with Gasteiger partial charge in [0.1, 0.15) is 0 Å². The van der Waals surface area contributed by atoms with Crippen molar-refractivity contribution >= 4 is 11.8 Å². The summed E-state index contributed by atoms with van der Waals surface area (Å²) in [5.41, 5.74) is 0.859. The van der Waals surface area contributed by atoms with Gasteiger partial charge in [0.2, 0.25) is 11.0 Å². The Labute approximate surface area is 132 Å². The predicted octanol–water partition coefficient (Wildman–Crippen LogP) is 2.96. The summed E-state index contributed by atoms with van der Waals surface area (Å²) in [6.45, 7) is 0. The van der Waals surface area contributed by atoms with Crippen LogP contribution in [0.1, 0.15) is 11.7 Å². The molecule has 0 saturated heterocycles. The molecule has 2 heterocycles. The first-order valence-electron chi connectivity index (χ1n) is 6.36. The van der Waals surface area contributed by atoms with Gasteiger partial charge in [0, 0.05) is 5.56 Å². The van der Waals surface area contributed by atoms with E-state index in [-0.39, 0.29) is 10.9 Å². The number of hydrogen-bond donors (Lipinski definition) is 1. The summed E-state index contributed by atoms with van der Waals surface area (Å²) < 4.78 is 43.7. The first-order valence-corrected chi connectivity index (χ1v) is 7.34. The van der Waals surface area contributed by atoms with Gasteiger partial charge in [0.15, 0.2) is 5.76 Å². The number of nitrogens with two attached hydrogens (primary N) is 1. The Morgan fingerprint density at radius 2 is 1.91 bits per heavy atom. The third-order valence-corrected chi connectivity index (χ3v) is 3.78. The molecule has 0 atom stereocenters. The molecule has 0 amide bonds. The average Bonchev–Trinajstić information content (AvgIpc) is 3.12. The maximum atomic E-state index is 12.6. The molecule has 10 heteroatoms. The van der Waals surface area contributed by atoms with Crippen LogP contribution < -0.4 is 5.84 Å². The van der Waals surface area contributed by atoms with Crippen molar-refractivity contribution in [3.05, 3.63) is 48.2 Å². The van der Waals surface area contributed by atoms with Gasteiger partial charge in [0.25, 0.3) is 5.82 Å². The quantitative estimate of drug-likeness (QED) is 0.580. The lowest BCUT2D eigenvalue weighted by Crippen LogP contribution is -2.21. The highest BCUT2D eigenvalue weighted by atomic mass is 32.2. The molecule has 0 aliphatic rings. The summed E-state index contributed by atoms with van der Waals surface area (Å²) in [5, 5.41) is 6.39. The van der Waals surface area contributed by atoms with E-state index in [0.29, 0.717) is 16.3 Å². The Balaban J connectivity index is 1.70. The minimum Gasteiger partial charge on any atom is -0.440 e. The molecule has 3 rings (SSSR count). The Morgan fingerprint density at radius 1 is 1.17 bits per heavy atom. The maximum Gasteiger partial charge on any atom is 0.453 e. The smallest absolute Gasteiger partial charge is 0.440 e. The molecule has 0 fully saturated rings. The van der Waals surface area contributed by atoms with E-state index >= 15 is 0 Å². The van der Waals surface area contributed by atoms with Gasteiger partial charge in [-0.05, 0) is 0 Å². The van der Waals surface area contributed by atoms with Gasteiger partial charge in [0.05, 0.1) is 11.9 Å². The van der Waals surface area contributed by atoms with E-state index in [1.165, 1.54) is 0 Å². The van der Waals surface area contributed by atoms with Gasteiger partial charge in [-0.25, -0.2) is 9.66 Å². The second-order valence-corrected chi connectivity index (χ2v) is 5.39. The molecule has 0 unspecified atom stereocenters. The molecular weight excluding hydrogens is 331 g/mol. The number of oxazole rings is 1. The van der Waals surface area contributed by atoms with Gasteiger partial charge >= 0.3 is 6.18 Å². The van der Waals surface area contributed by atoms with Crippen LogP contribution in [0.15, 0.2) is 46.1 Å². The van der Waals surface area contributed by atoms with Crippen LogP contribution in [0.2, 0.25) is 0 Å². The molecule has 2 N–H and O–H groups in total. The van der Waals surface area contributed by atoms with E-state index in [1.54, 1.807) is 6.20 Å². The normalized spacial score (nSPS) is 11.8. The molecule has 0 saturated carbocycles. The molecule has 0 bridgehead atoms. The van der Waals surface area contributed by atoms with Crippen LogP contribution in [0, 0.1) is 0 Å². The second-order valence-electron chi connectivity index (χ2n) is 4.45. The Morgan fingerprint density at radius 3 is 2.57 bits per heavy atom. The molecule has 23 heavy (non-hydrogen) atoms. The first-order chi connectivity index (χ1) is 10.9. The standard InChI is InChI=1S/C13H10F3N5OS/c14-13(15,16)11-19-20-12(21(11)17)23-7-10-18-6-9(22-10)8-4-2-1-3-5-8/h1-6H,7,17H2. The van der Waals surface area contributed by atoms with Gasteiger partial charge in [-0.1, -0.05) is 42.1 Å². The lowest BCUT2D eigenvalue weighted by molar-refractivity contribution is -0.146. The average molecular weight is 341 g/mol. The van der Waals surface area contributed by atoms with Crippen LogP contribution >= 0.6 is 11.8 Å². The fourth-order valence-electron chi connectivity index (χ4n) is 1.81. The summed E-state index contributed by atoms with van der Waals surface area (Å²) in [6, 6.07) is 9.33. The number of aromatic nitrogens is 4. The van der Waals surface area contributed by atoms with Crippen LogP contribution in [0.25, 0.3) is 11.3 Å². The lowest BCUT2D eigenvalue weighted by Gasteiger charge is -2.05. The summed E-state index contributed by atoms with van der Waals surface area (Å²) in [7, 11) is 0. The zero-order valence-electron chi connectivity index (χ0n) is 11.5. The predicted molar refractivity (Wildman–Crippen MR) is 76.7 cm³/mol. The summed E-state index contributed by atoms with van der Waals surface area (Å²) in [4.78, 5) is 4.08. The van der Waals surface area contributed by atoms with E-state index in [2.05, 4.69) is 15.2 Å². The number of thioether (sulfide) groups is 1. The van der Waals surface area contributed by atoms with Gasteiger partial charge in [-0.15, -0.1) is 10.2 Å². The highest BCUT2D eigenvalue weighted by Crippen LogP contribution is 2.30. The van der Waals surface area contributed by atoms with Crippen molar-refractivity contribution < 1.29 is 17.6 Å². The molecular formula is C13H10F3N5OS. The van der Waals surface area contributed by atoms with Gasteiger partial charge in [-0.2, -0.15) is 13.2 Å². The number of nitrogen functional groups attached to an aromatic ring is 1. The van der Waals surface area contributed by atoms with Crippen LogP contribution in [0.4, 0.5) is 13.2 Å². The topological polar surface area (TPSA) is 82.8 Å². The summed E-state index contributed by atoms with van der Waals surface area (Å²) >= 11 is 0.954. The van der Waals surface area contributed by atoms with Crippen LogP contribution in [0.5, 0.6) is 0 Å². The van der Waals surface area contributed by atoms with E-state index in [4.69, 9.17) is 10.3 Å². The van der Waals surface area contributed by atoms with Gasteiger partial charge in [-0.3, -0.25) is 0 Å².